The molecule has 68 heavy (non-hydrogen) atoms. The van der Waals surface area contributed by atoms with Crippen molar-refractivity contribution in [1.82, 2.24) is 30.0 Å². The maximum Gasteiger partial charge on any atom is 0.271 e. The molecule has 6 amide bonds. The number of anilines is 5. The number of benzene rings is 2. The molecule has 19 heteroatoms. The Kier molecular flexibility index (Phi) is 15.7. The molecule has 0 aliphatic carbocycles. The van der Waals surface area contributed by atoms with Crippen molar-refractivity contribution in [1.29, 1.82) is 0 Å². The summed E-state index contributed by atoms with van der Waals surface area (Å²) < 4.78 is 11.4. The number of primary amides is 1. The zero-order valence-corrected chi connectivity index (χ0v) is 39.3. The van der Waals surface area contributed by atoms with E-state index in [2.05, 4.69) is 36.1 Å². The number of piperidine rings is 2. The normalized spacial score (nSPS) is 19.5. The number of hydrogen-bond acceptors (Lipinski definition) is 15. The van der Waals surface area contributed by atoms with Gasteiger partial charge in [-0.05, 0) is 75.6 Å². The first kappa shape index (κ1) is 48.1. The third kappa shape index (κ3) is 11.0. The zero-order chi connectivity index (χ0) is 47.7. The average Bonchev–Trinajstić information content (AvgIpc) is 3.61. The number of carbonyl (C=O) groups is 6. The molecule has 5 aliphatic rings. The summed E-state index contributed by atoms with van der Waals surface area (Å²) in [5, 5.41) is 12.3. The van der Waals surface area contributed by atoms with Gasteiger partial charge in [0, 0.05) is 101 Å². The standard InChI is InChI=1S/C49H65N11O8/c1-3-35-45(52-31-19-28-68-29-20-31)56-46(43(54-35)44(50)63)53-32-13-14-37(39(30-32)67-2)58-22-17-33(18-23-58)57-24-26-59(27-25-57)41(62)12-7-5-4-6-8-21-51-36-11-9-10-34-42(36)49(66)60(48(34)65)38-15-16-40(61)55-47(38)64/h9-11,13-14,30-31,33,38,51H,3-8,12,15-29H2,1-2H3,(H2,50,63)(H2,52,53,56)(H,55,61,64). The van der Waals surface area contributed by atoms with E-state index >= 15 is 0 Å². The number of carbonyl (C=O) groups excluding carboxylic acids is 6. The Morgan fingerprint density at radius 1 is 0.868 bits per heavy atom. The van der Waals surface area contributed by atoms with Crippen LogP contribution in [-0.2, 0) is 25.5 Å². The van der Waals surface area contributed by atoms with Crippen LogP contribution in [0.25, 0.3) is 0 Å². The number of nitrogens with one attached hydrogen (secondary N) is 4. The highest BCUT2D eigenvalue weighted by Gasteiger charge is 2.45. The maximum atomic E-state index is 13.4. The highest BCUT2D eigenvalue weighted by Crippen LogP contribution is 2.36. The fraction of sp³-hybridized carbons (Fsp3) is 0.551. The minimum atomic E-state index is -0.998. The summed E-state index contributed by atoms with van der Waals surface area (Å²) in [5.41, 5.74) is 9.34. The number of fused-ring (bicyclic) bond motifs is 1. The van der Waals surface area contributed by atoms with E-state index < -0.39 is 35.6 Å². The molecule has 1 atom stereocenters. The Balaban J connectivity index is 0.731. The zero-order valence-electron chi connectivity index (χ0n) is 39.3. The molecule has 0 bridgehead atoms. The molecule has 0 spiro atoms. The van der Waals surface area contributed by atoms with E-state index in [4.69, 9.17) is 20.2 Å². The highest BCUT2D eigenvalue weighted by molar-refractivity contribution is 6.25. The monoisotopic (exact) mass is 936 g/mol. The molecule has 6 heterocycles. The second-order valence-corrected chi connectivity index (χ2v) is 18.2. The Morgan fingerprint density at radius 3 is 2.34 bits per heavy atom. The predicted octanol–water partition coefficient (Wildman–Crippen LogP) is 4.45. The third-order valence-electron chi connectivity index (χ3n) is 13.9. The van der Waals surface area contributed by atoms with Crippen LogP contribution in [-0.4, -0.2) is 144 Å². The smallest absolute Gasteiger partial charge is 0.271 e. The van der Waals surface area contributed by atoms with Gasteiger partial charge in [-0.1, -0.05) is 32.3 Å². The van der Waals surface area contributed by atoms with E-state index in [1.165, 1.54) is 0 Å². The molecule has 1 unspecified atom stereocenters. The van der Waals surface area contributed by atoms with Crippen molar-refractivity contribution in [3.05, 3.63) is 58.9 Å². The number of nitrogens with zero attached hydrogens (tertiary/aromatic N) is 6. The number of ether oxygens (including phenoxy) is 2. The first-order valence-corrected chi connectivity index (χ1v) is 24.4. The van der Waals surface area contributed by atoms with Crippen LogP contribution >= 0.6 is 0 Å². The molecule has 4 saturated heterocycles. The van der Waals surface area contributed by atoms with E-state index in [0.29, 0.717) is 73.1 Å². The van der Waals surface area contributed by atoms with Gasteiger partial charge in [0.1, 0.15) is 11.8 Å². The summed E-state index contributed by atoms with van der Waals surface area (Å²) >= 11 is 0. The Hall–Kier alpha value is -6.34. The molecule has 364 valence electrons. The predicted molar refractivity (Wildman–Crippen MR) is 256 cm³/mol. The molecule has 8 rings (SSSR count). The molecule has 5 aliphatic heterocycles. The number of amides is 6. The maximum absolute atomic E-state index is 13.4. The van der Waals surface area contributed by atoms with Crippen LogP contribution in [0.5, 0.6) is 5.75 Å². The summed E-state index contributed by atoms with van der Waals surface area (Å²) in [6.07, 6.45) is 9.66. The van der Waals surface area contributed by atoms with Gasteiger partial charge < -0.3 is 41.0 Å². The second-order valence-electron chi connectivity index (χ2n) is 18.2. The van der Waals surface area contributed by atoms with Gasteiger partial charge in [0.25, 0.3) is 17.7 Å². The van der Waals surface area contributed by atoms with Gasteiger partial charge in [-0.3, -0.25) is 43.9 Å². The molecule has 0 radical (unpaired) electrons. The van der Waals surface area contributed by atoms with Crippen LogP contribution in [0.15, 0.2) is 36.4 Å². The fourth-order valence-corrected chi connectivity index (χ4v) is 10.1. The van der Waals surface area contributed by atoms with Crippen molar-refractivity contribution in [3.8, 4) is 5.75 Å². The van der Waals surface area contributed by atoms with Crippen molar-refractivity contribution >= 4 is 64.1 Å². The number of imide groups is 2. The first-order chi connectivity index (χ1) is 33.0. The molecule has 0 saturated carbocycles. The highest BCUT2D eigenvalue weighted by atomic mass is 16.5. The first-order valence-electron chi connectivity index (χ1n) is 24.4. The van der Waals surface area contributed by atoms with Gasteiger partial charge in [0.2, 0.25) is 17.7 Å². The number of aromatic nitrogens is 2. The lowest BCUT2D eigenvalue weighted by Gasteiger charge is -2.43. The van der Waals surface area contributed by atoms with Crippen molar-refractivity contribution in [2.24, 2.45) is 5.73 Å². The minimum absolute atomic E-state index is 0.0755. The van der Waals surface area contributed by atoms with Gasteiger partial charge in [-0.15, -0.1) is 0 Å². The van der Waals surface area contributed by atoms with Crippen LogP contribution in [0.3, 0.4) is 0 Å². The van der Waals surface area contributed by atoms with Crippen LogP contribution in [0, 0.1) is 0 Å². The van der Waals surface area contributed by atoms with Crippen molar-refractivity contribution in [2.75, 3.05) is 87.0 Å². The van der Waals surface area contributed by atoms with Crippen LogP contribution in [0.2, 0.25) is 0 Å². The number of methoxy groups -OCH3 is 1. The number of nitrogens with two attached hydrogens (primary N) is 1. The lowest BCUT2D eigenvalue weighted by molar-refractivity contribution is -0.136. The largest absolute Gasteiger partial charge is 0.495 e. The van der Waals surface area contributed by atoms with Crippen molar-refractivity contribution in [2.45, 2.75) is 109 Å². The molecule has 2 aromatic carbocycles. The number of rotatable bonds is 19. The second kappa shape index (κ2) is 22.2. The summed E-state index contributed by atoms with van der Waals surface area (Å²) in [4.78, 5) is 93.5. The Bertz CT molecular complexity index is 2360. The third-order valence-corrected chi connectivity index (χ3v) is 13.9. The van der Waals surface area contributed by atoms with E-state index in [1.54, 1.807) is 25.3 Å². The fourth-order valence-electron chi connectivity index (χ4n) is 10.1. The average molecular weight is 936 g/mol. The van der Waals surface area contributed by atoms with E-state index in [0.717, 1.165) is 108 Å². The van der Waals surface area contributed by atoms with Crippen LogP contribution in [0.1, 0.15) is 121 Å². The number of unbranched alkanes of at least 4 members (excludes halogenated alkanes) is 4. The quantitative estimate of drug-likeness (QED) is 0.0826. The lowest BCUT2D eigenvalue weighted by atomic mass is 10.0. The summed E-state index contributed by atoms with van der Waals surface area (Å²) in [6.45, 7) is 8.93. The van der Waals surface area contributed by atoms with Gasteiger partial charge >= 0.3 is 0 Å². The van der Waals surface area contributed by atoms with Crippen LogP contribution < -0.4 is 36.6 Å². The van der Waals surface area contributed by atoms with Crippen molar-refractivity contribution < 1.29 is 38.2 Å². The molecule has 19 nitrogen and oxygen atoms in total. The van der Waals surface area contributed by atoms with Gasteiger partial charge in [-0.2, -0.15) is 0 Å². The SMILES string of the molecule is CCc1nc(C(N)=O)c(Nc2ccc(N3CCC(N4CCN(C(=O)CCCCCCCNc5cccc6c5C(=O)N(C5CCC(=O)NC5=O)C6=O)CC4)CC3)c(OC)c2)nc1NC1CCOCC1. The molecular formula is C49H65N11O8. The van der Waals surface area contributed by atoms with E-state index in [9.17, 15) is 28.8 Å². The number of piperazine rings is 1. The Labute approximate surface area is 397 Å². The molecular weight excluding hydrogens is 871 g/mol. The lowest BCUT2D eigenvalue weighted by Crippen LogP contribution is -2.54. The summed E-state index contributed by atoms with van der Waals surface area (Å²) in [5.74, 6) is -0.864. The molecule has 3 aromatic rings. The molecule has 1 aromatic heterocycles. The summed E-state index contributed by atoms with van der Waals surface area (Å²) in [6, 6.07) is 10.6. The molecule has 6 N–H and O–H groups in total. The molecule has 4 fully saturated rings. The van der Waals surface area contributed by atoms with Gasteiger partial charge in [0.15, 0.2) is 17.3 Å². The van der Waals surface area contributed by atoms with E-state index in [-0.39, 0.29) is 41.6 Å². The Morgan fingerprint density at radius 2 is 1.62 bits per heavy atom. The summed E-state index contributed by atoms with van der Waals surface area (Å²) in [7, 11) is 1.66. The minimum Gasteiger partial charge on any atom is -0.495 e. The van der Waals surface area contributed by atoms with E-state index in [1.807, 2.05) is 30.0 Å². The van der Waals surface area contributed by atoms with Crippen molar-refractivity contribution in [3.63, 3.8) is 0 Å². The van der Waals surface area contributed by atoms with Crippen LogP contribution in [0.4, 0.5) is 28.7 Å². The van der Waals surface area contributed by atoms with Gasteiger partial charge in [0.05, 0.1) is 29.6 Å². The van der Waals surface area contributed by atoms with Gasteiger partial charge in [-0.25, -0.2) is 9.97 Å². The topological polar surface area (TPSA) is 234 Å². The number of aryl methyl sites for hydroxylation is 1. The number of hydrogen-bond donors (Lipinski definition) is 5.